The minimum atomic E-state index is -0.430. The highest BCUT2D eigenvalue weighted by Crippen LogP contribution is 2.25. The zero-order valence-corrected chi connectivity index (χ0v) is 13.6. The van der Waals surface area contributed by atoms with Crippen LogP contribution in [-0.2, 0) is 11.2 Å². The first kappa shape index (κ1) is 18.2. The van der Waals surface area contributed by atoms with E-state index in [0.717, 1.165) is 12.8 Å². The average molecular weight is 335 g/mol. The lowest BCUT2D eigenvalue weighted by Gasteiger charge is -2.39. The van der Waals surface area contributed by atoms with Crippen LogP contribution in [0.25, 0.3) is 0 Å². The molecule has 0 spiro atoms. The van der Waals surface area contributed by atoms with Gasteiger partial charge in [-0.2, -0.15) is 0 Å². The molecule has 6 heteroatoms. The number of benzene rings is 1. The Morgan fingerprint density at radius 2 is 2.24 bits per heavy atom. The lowest BCUT2D eigenvalue weighted by atomic mass is 9.90. The third-order valence-electron chi connectivity index (χ3n) is 4.07. The van der Waals surface area contributed by atoms with Crippen LogP contribution in [0.1, 0.15) is 25.3 Å². The van der Waals surface area contributed by atoms with Gasteiger partial charge in [0.05, 0.1) is 6.42 Å². The second-order valence-corrected chi connectivity index (χ2v) is 5.79. The Balaban J connectivity index is 0.00000220. The lowest BCUT2D eigenvalue weighted by molar-refractivity contribution is -0.135. The Morgan fingerprint density at radius 3 is 2.86 bits per heavy atom. The molecular weight excluding hydrogens is 314 g/mol. The van der Waals surface area contributed by atoms with Crippen molar-refractivity contribution in [1.29, 1.82) is 0 Å². The molecular formula is C15H21Cl2FN2O. The second-order valence-electron chi connectivity index (χ2n) is 5.39. The van der Waals surface area contributed by atoms with Crippen LogP contribution in [0.15, 0.2) is 18.2 Å². The molecule has 1 aromatic rings. The van der Waals surface area contributed by atoms with E-state index >= 15 is 0 Å². The summed E-state index contributed by atoms with van der Waals surface area (Å²) in [5, 5.41) is 0.299. The molecule has 0 radical (unpaired) electrons. The molecule has 2 N–H and O–H groups in total. The van der Waals surface area contributed by atoms with Gasteiger partial charge in [0, 0.05) is 29.7 Å². The van der Waals surface area contributed by atoms with Crippen LogP contribution in [-0.4, -0.2) is 29.9 Å². The van der Waals surface area contributed by atoms with Crippen LogP contribution in [0.5, 0.6) is 0 Å². The van der Waals surface area contributed by atoms with E-state index in [1.807, 2.05) is 0 Å². The molecule has 118 valence electrons. The fourth-order valence-corrected chi connectivity index (χ4v) is 3.10. The van der Waals surface area contributed by atoms with Crippen molar-refractivity contribution in [2.24, 2.45) is 11.7 Å². The minimum Gasteiger partial charge on any atom is -0.338 e. The van der Waals surface area contributed by atoms with Crippen LogP contribution in [0.3, 0.4) is 0 Å². The van der Waals surface area contributed by atoms with E-state index < -0.39 is 5.82 Å². The van der Waals surface area contributed by atoms with Gasteiger partial charge < -0.3 is 10.6 Å². The van der Waals surface area contributed by atoms with Crippen LogP contribution >= 0.6 is 24.0 Å². The van der Waals surface area contributed by atoms with E-state index in [4.69, 9.17) is 17.3 Å². The summed E-state index contributed by atoms with van der Waals surface area (Å²) in [4.78, 5) is 14.2. The highest BCUT2D eigenvalue weighted by Gasteiger charge is 2.31. The fourth-order valence-electron chi connectivity index (χ4n) is 2.87. The molecule has 1 aliphatic heterocycles. The summed E-state index contributed by atoms with van der Waals surface area (Å²) in [6.45, 7) is 3.24. The number of hydrogen-bond acceptors (Lipinski definition) is 2. The van der Waals surface area contributed by atoms with Gasteiger partial charge in [-0.3, -0.25) is 4.79 Å². The molecule has 1 fully saturated rings. The number of piperidine rings is 1. The molecule has 0 aliphatic carbocycles. The lowest BCUT2D eigenvalue weighted by Crippen LogP contribution is -2.51. The zero-order valence-electron chi connectivity index (χ0n) is 12.0. The molecule has 1 amide bonds. The standard InChI is InChI=1S/C15H20ClFN2O.ClH/c1-10-4-3-7-19(14(10)9-18)15(20)8-11-12(16)5-2-6-13(11)17;/h2,5-6,10,14H,3-4,7-9,18H2,1H3;1H. The molecule has 1 aliphatic rings. The molecule has 2 atom stereocenters. The molecule has 1 heterocycles. The molecule has 1 aromatic carbocycles. The molecule has 0 bridgehead atoms. The number of amides is 1. The van der Waals surface area contributed by atoms with Gasteiger partial charge in [0.1, 0.15) is 5.82 Å². The first-order valence-corrected chi connectivity index (χ1v) is 7.34. The van der Waals surface area contributed by atoms with Crippen LogP contribution in [0.4, 0.5) is 4.39 Å². The number of likely N-dealkylation sites (tertiary alicyclic amines) is 1. The van der Waals surface area contributed by atoms with Crippen molar-refractivity contribution >= 4 is 29.9 Å². The quantitative estimate of drug-likeness (QED) is 0.923. The smallest absolute Gasteiger partial charge is 0.227 e. The van der Waals surface area contributed by atoms with E-state index in [-0.39, 0.29) is 36.3 Å². The van der Waals surface area contributed by atoms with Gasteiger partial charge in [-0.15, -0.1) is 12.4 Å². The summed E-state index contributed by atoms with van der Waals surface area (Å²) in [5.74, 6) is -0.145. The van der Waals surface area contributed by atoms with Gasteiger partial charge in [-0.05, 0) is 30.9 Å². The first-order chi connectivity index (χ1) is 9.54. The number of rotatable bonds is 3. The molecule has 3 nitrogen and oxygen atoms in total. The average Bonchev–Trinajstić information content (AvgIpc) is 2.42. The summed E-state index contributed by atoms with van der Waals surface area (Å²) in [6.07, 6.45) is 2.04. The van der Waals surface area contributed by atoms with E-state index in [1.54, 1.807) is 11.0 Å². The third kappa shape index (κ3) is 4.09. The van der Waals surface area contributed by atoms with Crippen molar-refractivity contribution in [2.45, 2.75) is 32.2 Å². The third-order valence-corrected chi connectivity index (χ3v) is 4.42. The Kier molecular flexibility index (Phi) is 6.91. The topological polar surface area (TPSA) is 46.3 Å². The normalized spacial score (nSPS) is 21.8. The Bertz CT molecular complexity index is 478. The van der Waals surface area contributed by atoms with Gasteiger partial charge in [0.25, 0.3) is 0 Å². The number of halogens is 3. The maximum absolute atomic E-state index is 13.8. The summed E-state index contributed by atoms with van der Waals surface area (Å²) in [5.41, 5.74) is 6.05. The highest BCUT2D eigenvalue weighted by atomic mass is 35.5. The summed E-state index contributed by atoms with van der Waals surface area (Å²) in [6, 6.07) is 4.51. The van der Waals surface area contributed by atoms with Crippen molar-refractivity contribution in [3.05, 3.63) is 34.6 Å². The number of hydrogen-bond donors (Lipinski definition) is 1. The maximum atomic E-state index is 13.8. The SMILES string of the molecule is CC1CCCN(C(=O)Cc2c(F)cccc2Cl)C1CN.Cl. The van der Waals surface area contributed by atoms with Gasteiger partial charge in [0.15, 0.2) is 0 Å². The van der Waals surface area contributed by atoms with Crippen molar-refractivity contribution < 1.29 is 9.18 Å². The fraction of sp³-hybridized carbons (Fsp3) is 0.533. The molecule has 1 saturated heterocycles. The van der Waals surface area contributed by atoms with Gasteiger partial charge >= 0.3 is 0 Å². The van der Waals surface area contributed by atoms with Gasteiger partial charge in [-0.1, -0.05) is 24.6 Å². The minimum absolute atomic E-state index is 0. The van der Waals surface area contributed by atoms with Crippen LogP contribution in [0, 0.1) is 11.7 Å². The Hall–Kier alpha value is -0.840. The van der Waals surface area contributed by atoms with Crippen molar-refractivity contribution in [1.82, 2.24) is 4.90 Å². The first-order valence-electron chi connectivity index (χ1n) is 6.97. The van der Waals surface area contributed by atoms with E-state index in [2.05, 4.69) is 6.92 Å². The number of nitrogens with two attached hydrogens (primary N) is 1. The molecule has 21 heavy (non-hydrogen) atoms. The second kappa shape index (κ2) is 7.97. The van der Waals surface area contributed by atoms with E-state index in [9.17, 15) is 9.18 Å². The highest BCUT2D eigenvalue weighted by molar-refractivity contribution is 6.31. The molecule has 0 saturated carbocycles. The van der Waals surface area contributed by atoms with Crippen molar-refractivity contribution in [2.75, 3.05) is 13.1 Å². The van der Waals surface area contributed by atoms with E-state index in [1.165, 1.54) is 12.1 Å². The number of nitrogens with zero attached hydrogens (tertiary/aromatic N) is 1. The van der Waals surface area contributed by atoms with Gasteiger partial charge in [-0.25, -0.2) is 4.39 Å². The summed E-state index contributed by atoms with van der Waals surface area (Å²) >= 11 is 5.98. The number of carbonyl (C=O) groups is 1. The zero-order chi connectivity index (χ0) is 14.7. The molecule has 0 aromatic heterocycles. The van der Waals surface area contributed by atoms with Crippen LogP contribution < -0.4 is 5.73 Å². The Labute approximate surface area is 136 Å². The van der Waals surface area contributed by atoms with E-state index in [0.29, 0.717) is 24.0 Å². The molecule has 2 unspecified atom stereocenters. The predicted molar refractivity (Wildman–Crippen MR) is 85.3 cm³/mol. The molecule has 2 rings (SSSR count). The largest absolute Gasteiger partial charge is 0.338 e. The Morgan fingerprint density at radius 1 is 1.52 bits per heavy atom. The maximum Gasteiger partial charge on any atom is 0.227 e. The summed E-state index contributed by atoms with van der Waals surface area (Å²) < 4.78 is 13.8. The van der Waals surface area contributed by atoms with Gasteiger partial charge in [0.2, 0.25) is 5.91 Å². The number of carbonyl (C=O) groups excluding carboxylic acids is 1. The van der Waals surface area contributed by atoms with Crippen molar-refractivity contribution in [3.63, 3.8) is 0 Å². The predicted octanol–water partition coefficient (Wildman–Crippen LogP) is 3.03. The summed E-state index contributed by atoms with van der Waals surface area (Å²) in [7, 11) is 0. The monoisotopic (exact) mass is 334 g/mol. The van der Waals surface area contributed by atoms with Crippen molar-refractivity contribution in [3.8, 4) is 0 Å². The van der Waals surface area contributed by atoms with Crippen LogP contribution in [0.2, 0.25) is 5.02 Å².